The fourth-order valence-electron chi connectivity index (χ4n) is 4.02. The molecular weight excluding hydrogens is 400 g/mol. The molecule has 0 bridgehead atoms. The van der Waals surface area contributed by atoms with E-state index >= 15 is 0 Å². The van der Waals surface area contributed by atoms with Gasteiger partial charge in [0.2, 0.25) is 15.9 Å². The predicted octanol–water partition coefficient (Wildman–Crippen LogP) is 3.96. The van der Waals surface area contributed by atoms with Crippen LogP contribution in [0, 0.1) is 6.92 Å². The Balaban J connectivity index is 1.86. The zero-order chi connectivity index (χ0) is 21.9. The number of carbonyl (C=O) groups is 1. The van der Waals surface area contributed by atoms with Gasteiger partial charge in [-0.15, -0.1) is 0 Å². The van der Waals surface area contributed by atoms with Crippen LogP contribution in [-0.4, -0.2) is 32.7 Å². The second-order valence-corrected chi connectivity index (χ2v) is 9.82. The number of benzene rings is 2. The summed E-state index contributed by atoms with van der Waals surface area (Å²) in [4.78, 5) is 13.0. The molecule has 0 unspecified atom stereocenters. The Labute approximate surface area is 179 Å². The lowest BCUT2D eigenvalue weighted by molar-refractivity contribution is -0.121. The van der Waals surface area contributed by atoms with Crippen LogP contribution in [0.25, 0.3) is 0 Å². The highest BCUT2D eigenvalue weighted by Crippen LogP contribution is 2.42. The van der Waals surface area contributed by atoms with Crippen molar-refractivity contribution in [2.75, 3.05) is 17.1 Å². The average molecular weight is 431 g/mol. The van der Waals surface area contributed by atoms with Crippen LogP contribution >= 0.6 is 0 Å². The number of amides is 1. The van der Waals surface area contributed by atoms with E-state index in [0.717, 1.165) is 40.3 Å². The minimum atomic E-state index is -3.62. The SMILES string of the molecule is CCC1(CC)C[C@@H](NC(=O)CN(c2ccccc2C)S(C)(=O)=O)c2ccccc2O1. The molecule has 30 heavy (non-hydrogen) atoms. The number of sulfonamides is 1. The molecule has 2 aromatic rings. The first kappa shape index (κ1) is 22.2. The molecule has 0 saturated carbocycles. The van der Waals surface area contributed by atoms with Crippen molar-refractivity contribution in [3.8, 4) is 5.75 Å². The highest BCUT2D eigenvalue weighted by atomic mass is 32.2. The van der Waals surface area contributed by atoms with E-state index in [1.54, 1.807) is 12.1 Å². The number of anilines is 1. The lowest BCUT2D eigenvalue weighted by Crippen LogP contribution is -2.47. The molecule has 0 aromatic heterocycles. The third-order valence-corrected chi connectivity index (χ3v) is 7.02. The number of ether oxygens (including phenoxy) is 1. The zero-order valence-corrected chi connectivity index (χ0v) is 18.8. The first-order valence-electron chi connectivity index (χ1n) is 10.3. The molecule has 1 aliphatic heterocycles. The maximum Gasteiger partial charge on any atom is 0.241 e. The highest BCUT2D eigenvalue weighted by molar-refractivity contribution is 7.92. The highest BCUT2D eigenvalue weighted by Gasteiger charge is 2.39. The number of nitrogens with one attached hydrogen (secondary N) is 1. The van der Waals surface area contributed by atoms with Crippen LogP contribution in [0.1, 0.15) is 50.3 Å². The summed E-state index contributed by atoms with van der Waals surface area (Å²) in [5.41, 5.74) is 1.88. The fourth-order valence-corrected chi connectivity index (χ4v) is 4.94. The van der Waals surface area contributed by atoms with Crippen molar-refractivity contribution in [1.29, 1.82) is 0 Å². The van der Waals surface area contributed by atoms with E-state index in [1.165, 1.54) is 0 Å². The van der Waals surface area contributed by atoms with E-state index in [1.807, 2.05) is 43.3 Å². The van der Waals surface area contributed by atoms with Crippen molar-refractivity contribution in [3.63, 3.8) is 0 Å². The van der Waals surface area contributed by atoms with Gasteiger partial charge in [-0.25, -0.2) is 8.42 Å². The summed E-state index contributed by atoms with van der Waals surface area (Å²) >= 11 is 0. The Morgan fingerprint density at radius 1 is 1.13 bits per heavy atom. The topological polar surface area (TPSA) is 75.7 Å². The van der Waals surface area contributed by atoms with E-state index in [-0.39, 0.29) is 24.1 Å². The van der Waals surface area contributed by atoms with Gasteiger partial charge in [0, 0.05) is 12.0 Å². The van der Waals surface area contributed by atoms with E-state index in [4.69, 9.17) is 4.74 Å². The summed E-state index contributed by atoms with van der Waals surface area (Å²) < 4.78 is 32.3. The van der Waals surface area contributed by atoms with Gasteiger partial charge in [0.25, 0.3) is 0 Å². The molecule has 0 spiro atoms. The molecule has 6 nitrogen and oxygen atoms in total. The molecular formula is C23H30N2O4S. The fraction of sp³-hybridized carbons (Fsp3) is 0.435. The summed E-state index contributed by atoms with van der Waals surface area (Å²) in [5, 5.41) is 3.07. The third-order valence-electron chi connectivity index (χ3n) is 5.89. The molecule has 1 heterocycles. The van der Waals surface area contributed by atoms with Crippen molar-refractivity contribution >= 4 is 21.6 Å². The van der Waals surface area contributed by atoms with Gasteiger partial charge in [0.1, 0.15) is 17.9 Å². The summed E-state index contributed by atoms with van der Waals surface area (Å²) in [7, 11) is -3.62. The largest absolute Gasteiger partial charge is 0.487 e. The molecule has 3 rings (SSSR count). The molecule has 0 saturated heterocycles. The molecule has 1 atom stereocenters. The minimum absolute atomic E-state index is 0.236. The molecule has 1 amide bonds. The molecule has 7 heteroatoms. The van der Waals surface area contributed by atoms with Gasteiger partial charge in [-0.2, -0.15) is 0 Å². The minimum Gasteiger partial charge on any atom is -0.487 e. The molecule has 0 fully saturated rings. The van der Waals surface area contributed by atoms with Gasteiger partial charge >= 0.3 is 0 Å². The Kier molecular flexibility index (Phi) is 6.41. The van der Waals surface area contributed by atoms with Gasteiger partial charge in [0.15, 0.2) is 0 Å². The van der Waals surface area contributed by atoms with Crippen LogP contribution in [0.5, 0.6) is 5.75 Å². The second-order valence-electron chi connectivity index (χ2n) is 7.91. The predicted molar refractivity (Wildman–Crippen MR) is 119 cm³/mol. The Morgan fingerprint density at radius 3 is 2.40 bits per heavy atom. The smallest absolute Gasteiger partial charge is 0.241 e. The van der Waals surface area contributed by atoms with E-state index < -0.39 is 10.0 Å². The van der Waals surface area contributed by atoms with E-state index in [2.05, 4.69) is 19.2 Å². The van der Waals surface area contributed by atoms with Gasteiger partial charge in [-0.3, -0.25) is 9.10 Å². The lowest BCUT2D eigenvalue weighted by atomic mass is 9.83. The number of para-hydroxylation sites is 2. The first-order chi connectivity index (χ1) is 14.2. The van der Waals surface area contributed by atoms with Crippen LogP contribution in [0.4, 0.5) is 5.69 Å². The zero-order valence-electron chi connectivity index (χ0n) is 18.0. The maximum absolute atomic E-state index is 13.0. The number of nitrogens with zero attached hydrogens (tertiary/aromatic N) is 1. The van der Waals surface area contributed by atoms with Crippen molar-refractivity contribution in [2.24, 2.45) is 0 Å². The van der Waals surface area contributed by atoms with Crippen molar-refractivity contribution in [1.82, 2.24) is 5.32 Å². The third kappa shape index (κ3) is 4.61. The second kappa shape index (κ2) is 8.68. The van der Waals surface area contributed by atoms with E-state index in [9.17, 15) is 13.2 Å². The van der Waals surface area contributed by atoms with Gasteiger partial charge < -0.3 is 10.1 Å². The first-order valence-corrected chi connectivity index (χ1v) is 12.1. The summed E-state index contributed by atoms with van der Waals surface area (Å²) in [6, 6.07) is 14.6. The Morgan fingerprint density at radius 2 is 1.77 bits per heavy atom. The number of rotatable bonds is 7. The average Bonchev–Trinajstić information content (AvgIpc) is 2.71. The summed E-state index contributed by atoms with van der Waals surface area (Å²) in [6.45, 7) is 5.73. The number of carbonyl (C=O) groups excluding carboxylic acids is 1. The molecule has 2 aromatic carbocycles. The number of fused-ring (bicyclic) bond motifs is 1. The van der Waals surface area contributed by atoms with Crippen molar-refractivity contribution < 1.29 is 17.9 Å². The molecule has 0 aliphatic carbocycles. The lowest BCUT2D eigenvalue weighted by Gasteiger charge is -2.41. The van der Waals surface area contributed by atoms with Crippen LogP contribution in [-0.2, 0) is 14.8 Å². The van der Waals surface area contributed by atoms with Crippen molar-refractivity contribution in [2.45, 2.75) is 51.7 Å². The van der Waals surface area contributed by atoms with E-state index in [0.29, 0.717) is 12.1 Å². The normalized spacial score (nSPS) is 17.5. The summed E-state index contributed by atoms with van der Waals surface area (Å²) in [6.07, 6.45) is 3.41. The number of hydrogen-bond donors (Lipinski definition) is 1. The van der Waals surface area contributed by atoms with Crippen LogP contribution in [0.3, 0.4) is 0 Å². The van der Waals surface area contributed by atoms with Crippen LogP contribution < -0.4 is 14.4 Å². The van der Waals surface area contributed by atoms with Gasteiger partial charge in [0.05, 0.1) is 18.0 Å². The quantitative estimate of drug-likeness (QED) is 0.721. The maximum atomic E-state index is 13.0. The Bertz CT molecular complexity index is 1020. The summed E-state index contributed by atoms with van der Waals surface area (Å²) in [5.74, 6) is 0.433. The van der Waals surface area contributed by atoms with Crippen LogP contribution in [0.2, 0.25) is 0 Å². The van der Waals surface area contributed by atoms with Crippen molar-refractivity contribution in [3.05, 3.63) is 59.7 Å². The van der Waals surface area contributed by atoms with Crippen LogP contribution in [0.15, 0.2) is 48.5 Å². The molecule has 162 valence electrons. The number of aryl methyl sites for hydroxylation is 1. The molecule has 1 N–H and O–H groups in total. The van der Waals surface area contributed by atoms with Gasteiger partial charge in [-0.05, 0) is 37.5 Å². The molecule has 0 radical (unpaired) electrons. The van der Waals surface area contributed by atoms with Gasteiger partial charge in [-0.1, -0.05) is 50.2 Å². The number of hydrogen-bond acceptors (Lipinski definition) is 4. The Hall–Kier alpha value is -2.54. The standard InChI is InChI=1S/C23H30N2O4S/c1-5-23(6-2)15-19(18-12-8-10-14-21(18)29-23)24-22(26)16-25(30(4,27)28)20-13-9-7-11-17(20)3/h7-14,19H,5-6,15-16H2,1-4H3,(H,24,26)/t19-/m1/s1. The monoisotopic (exact) mass is 430 g/mol. The molecule has 1 aliphatic rings.